The maximum atomic E-state index is 6.14. The van der Waals surface area contributed by atoms with Crippen LogP contribution >= 0.6 is 11.6 Å². The van der Waals surface area contributed by atoms with Gasteiger partial charge in [0.15, 0.2) is 11.0 Å². The number of halogens is 1. The van der Waals surface area contributed by atoms with Gasteiger partial charge in [0, 0.05) is 20.1 Å². The number of hydrogen-bond donors (Lipinski definition) is 1. The second-order valence-electron chi connectivity index (χ2n) is 6.13. The molecule has 0 amide bonds. The molecule has 1 N–H and O–H groups in total. The highest BCUT2D eigenvalue weighted by Crippen LogP contribution is 2.49. The summed E-state index contributed by atoms with van der Waals surface area (Å²) < 4.78 is 0. The van der Waals surface area contributed by atoms with Gasteiger partial charge in [0.25, 0.3) is 0 Å². The Morgan fingerprint density at radius 1 is 1.42 bits per heavy atom. The summed E-state index contributed by atoms with van der Waals surface area (Å²) >= 11 is 6.14. The van der Waals surface area contributed by atoms with Crippen LogP contribution in [0.15, 0.2) is 6.33 Å². The second kappa shape index (κ2) is 4.82. The third kappa shape index (κ3) is 2.27. The van der Waals surface area contributed by atoms with Crippen LogP contribution in [0.3, 0.4) is 0 Å². The minimum absolute atomic E-state index is 0.508. The minimum atomic E-state index is 0.508. The molecule has 104 valence electrons. The Bertz CT molecular complexity index is 479. The van der Waals surface area contributed by atoms with Gasteiger partial charge < -0.3 is 10.2 Å². The molecule has 19 heavy (non-hydrogen) atoms. The Balaban J connectivity index is 1.83. The van der Waals surface area contributed by atoms with Crippen LogP contribution in [0.5, 0.6) is 0 Å². The molecule has 0 bridgehead atoms. The van der Waals surface area contributed by atoms with E-state index in [4.69, 9.17) is 11.6 Å². The van der Waals surface area contributed by atoms with Crippen molar-refractivity contribution in [2.45, 2.75) is 32.6 Å². The van der Waals surface area contributed by atoms with E-state index in [1.54, 1.807) is 6.33 Å². The molecule has 1 aromatic rings. The molecular weight excluding hydrogens is 260 g/mol. The zero-order valence-electron chi connectivity index (χ0n) is 11.6. The van der Waals surface area contributed by atoms with Gasteiger partial charge in [0.1, 0.15) is 12.0 Å². The van der Waals surface area contributed by atoms with Crippen LogP contribution in [-0.4, -0.2) is 30.1 Å². The van der Waals surface area contributed by atoms with Gasteiger partial charge in [-0.1, -0.05) is 24.9 Å². The van der Waals surface area contributed by atoms with Crippen LogP contribution in [0.25, 0.3) is 0 Å². The average molecular weight is 281 g/mol. The van der Waals surface area contributed by atoms with E-state index in [2.05, 4.69) is 27.1 Å². The first-order valence-corrected chi connectivity index (χ1v) is 7.44. The van der Waals surface area contributed by atoms with Crippen molar-refractivity contribution in [2.75, 3.05) is 30.4 Å². The third-order valence-electron chi connectivity index (χ3n) is 4.72. The van der Waals surface area contributed by atoms with Gasteiger partial charge in [-0.2, -0.15) is 0 Å². The summed E-state index contributed by atoms with van der Waals surface area (Å²) in [5, 5.41) is 3.64. The number of anilines is 2. The molecule has 2 fully saturated rings. The van der Waals surface area contributed by atoms with Crippen molar-refractivity contribution >= 4 is 23.1 Å². The molecular formula is C14H21ClN4. The fourth-order valence-electron chi connectivity index (χ4n) is 3.79. The maximum absolute atomic E-state index is 6.14. The summed E-state index contributed by atoms with van der Waals surface area (Å²) in [4.78, 5) is 10.9. The van der Waals surface area contributed by atoms with Crippen molar-refractivity contribution in [1.29, 1.82) is 0 Å². The van der Waals surface area contributed by atoms with E-state index in [0.29, 0.717) is 10.6 Å². The molecule has 1 spiro atoms. The molecule has 4 nitrogen and oxygen atoms in total. The highest BCUT2D eigenvalue weighted by atomic mass is 35.5. The minimum Gasteiger partial charge on any atom is -0.383 e. The number of rotatable bonds is 2. The van der Waals surface area contributed by atoms with Crippen LogP contribution in [-0.2, 0) is 0 Å². The standard InChI is InChI=1S/C14H21ClN4/c1-10-3-4-14(7-10)5-6-19(8-14)13-11(16-2)12(15)17-9-18-13/h9-10,16H,3-8H2,1-2H3. The summed E-state index contributed by atoms with van der Waals surface area (Å²) in [6.07, 6.45) is 6.93. The van der Waals surface area contributed by atoms with E-state index in [0.717, 1.165) is 30.5 Å². The van der Waals surface area contributed by atoms with Crippen molar-refractivity contribution in [1.82, 2.24) is 9.97 Å². The van der Waals surface area contributed by atoms with Gasteiger partial charge in [0.05, 0.1) is 0 Å². The second-order valence-corrected chi connectivity index (χ2v) is 6.49. The Hall–Kier alpha value is -1.03. The number of hydrogen-bond acceptors (Lipinski definition) is 4. The van der Waals surface area contributed by atoms with Gasteiger partial charge in [-0.3, -0.25) is 0 Å². The topological polar surface area (TPSA) is 41.1 Å². The highest BCUT2D eigenvalue weighted by Gasteiger charge is 2.43. The lowest BCUT2D eigenvalue weighted by atomic mass is 9.85. The summed E-state index contributed by atoms with van der Waals surface area (Å²) in [6, 6.07) is 0. The van der Waals surface area contributed by atoms with Gasteiger partial charge in [-0.05, 0) is 30.6 Å². The predicted octanol–water partition coefficient (Wildman–Crippen LogP) is 3.19. The summed E-state index contributed by atoms with van der Waals surface area (Å²) in [5.74, 6) is 1.83. The van der Waals surface area contributed by atoms with Gasteiger partial charge in [0.2, 0.25) is 0 Å². The van der Waals surface area contributed by atoms with E-state index in [1.165, 1.54) is 25.7 Å². The Morgan fingerprint density at radius 2 is 2.26 bits per heavy atom. The zero-order chi connectivity index (χ0) is 13.5. The van der Waals surface area contributed by atoms with Crippen LogP contribution in [0.4, 0.5) is 11.5 Å². The molecule has 1 saturated carbocycles. The lowest BCUT2D eigenvalue weighted by Gasteiger charge is -2.25. The van der Waals surface area contributed by atoms with Gasteiger partial charge in [-0.15, -0.1) is 0 Å². The lowest BCUT2D eigenvalue weighted by molar-refractivity contribution is 0.328. The van der Waals surface area contributed by atoms with Crippen molar-refractivity contribution in [3.63, 3.8) is 0 Å². The molecule has 1 aliphatic heterocycles. The molecule has 2 atom stereocenters. The Kier molecular flexibility index (Phi) is 3.29. The smallest absolute Gasteiger partial charge is 0.157 e. The summed E-state index contributed by atoms with van der Waals surface area (Å²) in [7, 11) is 1.87. The molecule has 2 heterocycles. The predicted molar refractivity (Wildman–Crippen MR) is 78.9 cm³/mol. The monoisotopic (exact) mass is 280 g/mol. The van der Waals surface area contributed by atoms with E-state index in [-0.39, 0.29) is 0 Å². The first-order valence-electron chi connectivity index (χ1n) is 7.07. The van der Waals surface area contributed by atoms with Gasteiger partial charge >= 0.3 is 0 Å². The van der Waals surface area contributed by atoms with E-state index in [9.17, 15) is 0 Å². The highest BCUT2D eigenvalue weighted by molar-refractivity contribution is 6.32. The summed E-state index contributed by atoms with van der Waals surface area (Å²) in [6.45, 7) is 4.56. The van der Waals surface area contributed by atoms with Crippen LogP contribution in [0.2, 0.25) is 5.15 Å². The molecule has 2 unspecified atom stereocenters. The van der Waals surface area contributed by atoms with E-state index < -0.39 is 0 Å². The molecule has 2 aliphatic rings. The van der Waals surface area contributed by atoms with Crippen molar-refractivity contribution in [3.8, 4) is 0 Å². The Labute approximate surface area is 119 Å². The van der Waals surface area contributed by atoms with Gasteiger partial charge in [-0.25, -0.2) is 9.97 Å². The quantitative estimate of drug-likeness (QED) is 0.845. The van der Waals surface area contributed by atoms with Crippen LogP contribution in [0.1, 0.15) is 32.6 Å². The van der Waals surface area contributed by atoms with Crippen molar-refractivity contribution in [3.05, 3.63) is 11.5 Å². The molecule has 0 radical (unpaired) electrons. The van der Waals surface area contributed by atoms with E-state index in [1.807, 2.05) is 7.05 Å². The SMILES string of the molecule is CNc1c(Cl)ncnc1N1CCC2(CCC(C)C2)C1. The first-order chi connectivity index (χ1) is 9.13. The molecule has 1 aliphatic carbocycles. The molecule has 0 aromatic carbocycles. The molecule has 1 aromatic heterocycles. The number of nitrogens with one attached hydrogen (secondary N) is 1. The largest absolute Gasteiger partial charge is 0.383 e. The first kappa shape index (κ1) is 13.0. The maximum Gasteiger partial charge on any atom is 0.157 e. The van der Waals surface area contributed by atoms with Crippen molar-refractivity contribution in [2.24, 2.45) is 11.3 Å². The number of aromatic nitrogens is 2. The normalized spacial score (nSPS) is 30.3. The fourth-order valence-corrected chi connectivity index (χ4v) is 4.02. The lowest BCUT2D eigenvalue weighted by Crippen LogP contribution is -2.26. The molecule has 5 heteroatoms. The third-order valence-corrected chi connectivity index (χ3v) is 5.00. The Morgan fingerprint density at radius 3 is 2.95 bits per heavy atom. The fraction of sp³-hybridized carbons (Fsp3) is 0.714. The molecule has 3 rings (SSSR count). The number of nitrogens with zero attached hydrogens (tertiary/aromatic N) is 3. The summed E-state index contributed by atoms with van der Waals surface area (Å²) in [5.41, 5.74) is 1.37. The van der Waals surface area contributed by atoms with Crippen LogP contribution < -0.4 is 10.2 Å². The van der Waals surface area contributed by atoms with Crippen molar-refractivity contribution < 1.29 is 0 Å². The average Bonchev–Trinajstić information content (AvgIpc) is 2.97. The van der Waals surface area contributed by atoms with Crippen LogP contribution in [0, 0.1) is 11.3 Å². The zero-order valence-corrected chi connectivity index (χ0v) is 12.4. The molecule has 1 saturated heterocycles. The van der Waals surface area contributed by atoms with E-state index >= 15 is 0 Å².